The molecule has 0 bridgehead atoms. The van der Waals surface area contributed by atoms with Crippen LogP contribution in [0.1, 0.15) is 39.0 Å². The van der Waals surface area contributed by atoms with Gasteiger partial charge in [0.25, 0.3) is 0 Å². The molecule has 2 fully saturated rings. The van der Waals surface area contributed by atoms with Gasteiger partial charge in [-0.1, -0.05) is 13.3 Å². The molecule has 0 radical (unpaired) electrons. The van der Waals surface area contributed by atoms with Crippen LogP contribution in [-0.4, -0.2) is 66.8 Å². The summed E-state index contributed by atoms with van der Waals surface area (Å²) in [6.45, 7) is 6.30. The molecule has 1 aromatic rings. The first-order valence-corrected chi connectivity index (χ1v) is 10.3. The number of ether oxygens (including phenoxy) is 2. The van der Waals surface area contributed by atoms with Crippen molar-refractivity contribution in [2.45, 2.75) is 51.2 Å². The minimum Gasteiger partial charge on any atom is -0.454 e. The summed E-state index contributed by atoms with van der Waals surface area (Å²) in [5.41, 5.74) is 0.851. The molecule has 0 aromatic heterocycles. The molecule has 3 aliphatic heterocycles. The van der Waals surface area contributed by atoms with Crippen LogP contribution < -0.4 is 14.4 Å². The van der Waals surface area contributed by atoms with Gasteiger partial charge in [0.05, 0.1) is 12.7 Å². The summed E-state index contributed by atoms with van der Waals surface area (Å²) in [7, 11) is 0. The number of anilines is 1. The van der Waals surface area contributed by atoms with Crippen molar-refractivity contribution in [2.75, 3.05) is 44.5 Å². The van der Waals surface area contributed by atoms with E-state index in [9.17, 15) is 10.2 Å². The van der Waals surface area contributed by atoms with Gasteiger partial charge in [-0.2, -0.15) is 0 Å². The Morgan fingerprint density at radius 3 is 2.63 bits per heavy atom. The van der Waals surface area contributed by atoms with Gasteiger partial charge in [-0.05, 0) is 37.8 Å². The molecular weight excluding hydrogens is 344 g/mol. The predicted molar refractivity (Wildman–Crippen MR) is 104 cm³/mol. The molecule has 0 aliphatic carbocycles. The normalized spacial score (nSPS) is 29.3. The lowest BCUT2D eigenvalue weighted by atomic mass is 9.74. The Hall–Kier alpha value is -1.50. The molecule has 6 nitrogen and oxygen atoms in total. The zero-order valence-electron chi connectivity index (χ0n) is 16.3. The van der Waals surface area contributed by atoms with E-state index in [1.54, 1.807) is 0 Å². The highest BCUT2D eigenvalue weighted by molar-refractivity contribution is 5.57. The van der Waals surface area contributed by atoms with Crippen LogP contribution in [0.4, 0.5) is 5.69 Å². The van der Waals surface area contributed by atoms with Gasteiger partial charge in [0, 0.05) is 49.4 Å². The van der Waals surface area contributed by atoms with Gasteiger partial charge < -0.3 is 24.6 Å². The van der Waals surface area contributed by atoms with E-state index in [0.717, 1.165) is 69.8 Å². The van der Waals surface area contributed by atoms with E-state index in [1.807, 2.05) is 6.07 Å². The van der Waals surface area contributed by atoms with Crippen LogP contribution in [0.5, 0.6) is 11.5 Å². The van der Waals surface area contributed by atoms with Crippen molar-refractivity contribution in [3.63, 3.8) is 0 Å². The van der Waals surface area contributed by atoms with E-state index in [4.69, 9.17) is 9.47 Å². The molecule has 0 spiro atoms. The number of aliphatic hydroxyl groups excluding tert-OH is 2. The summed E-state index contributed by atoms with van der Waals surface area (Å²) in [6, 6.07) is 6.72. The average Bonchev–Trinajstić information content (AvgIpc) is 3.18. The fraction of sp³-hybridized carbons (Fsp3) is 0.714. The van der Waals surface area contributed by atoms with Crippen molar-refractivity contribution in [1.82, 2.24) is 4.90 Å². The number of nitrogens with zero attached hydrogens (tertiary/aromatic N) is 2. The highest BCUT2D eigenvalue weighted by Gasteiger charge is 2.43. The van der Waals surface area contributed by atoms with Crippen molar-refractivity contribution in [1.29, 1.82) is 0 Å². The fourth-order valence-electron chi connectivity index (χ4n) is 5.04. The molecule has 3 heterocycles. The van der Waals surface area contributed by atoms with Gasteiger partial charge in [-0.25, -0.2) is 0 Å². The monoisotopic (exact) mass is 376 g/mol. The number of rotatable bonds is 5. The van der Waals surface area contributed by atoms with Crippen molar-refractivity contribution in [2.24, 2.45) is 5.41 Å². The lowest BCUT2D eigenvalue weighted by Crippen LogP contribution is -2.57. The van der Waals surface area contributed by atoms with E-state index < -0.39 is 0 Å². The number of likely N-dealkylation sites (tertiary alicyclic amines) is 1. The summed E-state index contributed by atoms with van der Waals surface area (Å²) in [5.74, 6) is 1.67. The molecule has 1 aromatic carbocycles. The zero-order chi connectivity index (χ0) is 18.9. The van der Waals surface area contributed by atoms with Gasteiger partial charge >= 0.3 is 0 Å². The number of fused-ring (bicyclic) bond motifs is 1. The zero-order valence-corrected chi connectivity index (χ0v) is 16.3. The maximum atomic E-state index is 10.5. The van der Waals surface area contributed by atoms with Crippen molar-refractivity contribution in [3.05, 3.63) is 18.2 Å². The van der Waals surface area contributed by atoms with Crippen LogP contribution in [0, 0.1) is 5.41 Å². The Morgan fingerprint density at radius 2 is 1.89 bits per heavy atom. The quantitative estimate of drug-likeness (QED) is 0.822. The lowest BCUT2D eigenvalue weighted by molar-refractivity contribution is -0.0911. The number of piperidine rings is 2. The maximum Gasteiger partial charge on any atom is 0.231 e. The maximum absolute atomic E-state index is 10.5. The number of benzene rings is 1. The largest absolute Gasteiger partial charge is 0.454 e. The third-order valence-electron chi connectivity index (χ3n) is 6.68. The molecule has 2 atom stereocenters. The van der Waals surface area contributed by atoms with E-state index in [1.165, 1.54) is 5.69 Å². The Bertz CT molecular complexity index is 647. The Labute approximate surface area is 161 Å². The Kier molecular flexibility index (Phi) is 5.48. The van der Waals surface area contributed by atoms with E-state index in [-0.39, 0.29) is 18.1 Å². The van der Waals surface area contributed by atoms with Gasteiger partial charge in [-0.15, -0.1) is 0 Å². The van der Waals surface area contributed by atoms with Crippen molar-refractivity contribution in [3.8, 4) is 11.5 Å². The second kappa shape index (κ2) is 7.86. The summed E-state index contributed by atoms with van der Waals surface area (Å²) in [5, 5.41) is 20.5. The third kappa shape index (κ3) is 3.62. The van der Waals surface area contributed by atoms with Gasteiger partial charge in [0.15, 0.2) is 11.5 Å². The molecular formula is C21H32N2O4. The molecule has 0 amide bonds. The van der Waals surface area contributed by atoms with Crippen LogP contribution in [0.2, 0.25) is 0 Å². The molecule has 27 heavy (non-hydrogen) atoms. The summed E-state index contributed by atoms with van der Waals surface area (Å²) >= 11 is 0. The lowest BCUT2D eigenvalue weighted by Gasteiger charge is -2.49. The average molecular weight is 376 g/mol. The van der Waals surface area contributed by atoms with E-state index in [2.05, 4.69) is 28.9 Å². The van der Waals surface area contributed by atoms with Crippen LogP contribution in [0.3, 0.4) is 0 Å². The number of aliphatic hydroxyl groups is 2. The first kappa shape index (κ1) is 18.8. The van der Waals surface area contributed by atoms with Crippen LogP contribution in [-0.2, 0) is 0 Å². The molecule has 4 rings (SSSR count). The SMILES string of the molecule is CCC[C@@]1(CO)CN(C2CCN(c3ccc4c(c3)OCO4)CC2)CC[C@@H]1O. The summed E-state index contributed by atoms with van der Waals surface area (Å²) in [6.07, 6.45) is 4.48. The predicted octanol–water partition coefficient (Wildman–Crippen LogP) is 2.23. The molecule has 0 saturated carbocycles. The fourth-order valence-corrected chi connectivity index (χ4v) is 5.04. The van der Waals surface area contributed by atoms with Crippen LogP contribution in [0.15, 0.2) is 18.2 Å². The smallest absolute Gasteiger partial charge is 0.231 e. The number of hydrogen-bond acceptors (Lipinski definition) is 6. The summed E-state index contributed by atoms with van der Waals surface area (Å²) in [4.78, 5) is 4.94. The highest BCUT2D eigenvalue weighted by atomic mass is 16.7. The van der Waals surface area contributed by atoms with Gasteiger partial charge in [-0.3, -0.25) is 4.90 Å². The third-order valence-corrected chi connectivity index (χ3v) is 6.68. The summed E-state index contributed by atoms with van der Waals surface area (Å²) < 4.78 is 10.9. The molecule has 0 unspecified atom stereocenters. The molecule has 2 saturated heterocycles. The van der Waals surface area contributed by atoms with E-state index >= 15 is 0 Å². The second-order valence-corrected chi connectivity index (χ2v) is 8.30. The topological polar surface area (TPSA) is 65.4 Å². The second-order valence-electron chi connectivity index (χ2n) is 8.30. The van der Waals surface area contributed by atoms with E-state index in [0.29, 0.717) is 12.8 Å². The minimum atomic E-state index is -0.382. The van der Waals surface area contributed by atoms with Crippen LogP contribution >= 0.6 is 0 Å². The molecule has 2 N–H and O–H groups in total. The van der Waals surface area contributed by atoms with Crippen LogP contribution in [0.25, 0.3) is 0 Å². The Balaban J connectivity index is 1.37. The molecule has 3 aliphatic rings. The van der Waals surface area contributed by atoms with Gasteiger partial charge in [0.2, 0.25) is 6.79 Å². The van der Waals surface area contributed by atoms with Crippen molar-refractivity contribution < 1.29 is 19.7 Å². The van der Waals surface area contributed by atoms with Crippen molar-refractivity contribution >= 4 is 5.69 Å². The number of hydrogen-bond donors (Lipinski definition) is 2. The first-order chi connectivity index (χ1) is 13.1. The highest BCUT2D eigenvalue weighted by Crippen LogP contribution is 2.38. The first-order valence-electron chi connectivity index (χ1n) is 10.3. The Morgan fingerprint density at radius 1 is 1.11 bits per heavy atom. The standard InChI is InChI=1S/C21H32N2O4/c1-2-8-21(14-24)13-23(11-7-20(21)25)16-5-9-22(10-6-16)17-3-4-18-19(12-17)27-15-26-18/h3-4,12,16,20,24-25H,2,5-11,13-15H2,1H3/t20-,21-/m0/s1. The molecule has 6 heteroatoms. The van der Waals surface area contributed by atoms with Gasteiger partial charge in [0.1, 0.15) is 0 Å². The molecule has 150 valence electrons. The minimum absolute atomic E-state index is 0.0779.